The van der Waals surface area contributed by atoms with Crippen molar-refractivity contribution in [3.63, 3.8) is 0 Å². The quantitative estimate of drug-likeness (QED) is 0.848. The molecule has 0 spiro atoms. The summed E-state index contributed by atoms with van der Waals surface area (Å²) >= 11 is 5.96. The normalized spacial score (nSPS) is 16.7. The molecule has 116 valence electrons. The minimum Gasteiger partial charge on any atom is -0.459 e. The molecule has 0 bridgehead atoms. The van der Waals surface area contributed by atoms with E-state index in [-0.39, 0.29) is 21.6 Å². The molecule has 1 aromatic carbocycles. The van der Waals surface area contributed by atoms with Gasteiger partial charge in [-0.25, -0.2) is 18.4 Å². The number of halogens is 1. The second kappa shape index (κ2) is 6.31. The van der Waals surface area contributed by atoms with Crippen molar-refractivity contribution in [3.05, 3.63) is 28.3 Å². The molecule has 0 aromatic heterocycles. The lowest BCUT2D eigenvalue weighted by Gasteiger charge is -2.22. The maximum absolute atomic E-state index is 12.1. The Morgan fingerprint density at radius 3 is 2.57 bits per heavy atom. The fourth-order valence-electron chi connectivity index (χ4n) is 2.08. The Balaban J connectivity index is 2.27. The Morgan fingerprint density at radius 2 is 2.00 bits per heavy atom. The summed E-state index contributed by atoms with van der Waals surface area (Å²) in [5.41, 5.74) is 0.378. The van der Waals surface area contributed by atoms with Gasteiger partial charge < -0.3 is 9.47 Å². The highest BCUT2D eigenvalue weighted by Gasteiger charge is 2.22. The fourth-order valence-corrected chi connectivity index (χ4v) is 3.18. The second-order valence-corrected chi connectivity index (χ2v) is 6.78. The van der Waals surface area contributed by atoms with Crippen LogP contribution >= 0.6 is 11.6 Å². The highest BCUT2D eigenvalue weighted by atomic mass is 35.5. The summed E-state index contributed by atoms with van der Waals surface area (Å²) in [6, 6.07) is 2.57. The number of benzene rings is 1. The van der Waals surface area contributed by atoms with Crippen LogP contribution in [-0.2, 0) is 19.5 Å². The molecule has 1 aliphatic rings. The summed E-state index contributed by atoms with van der Waals surface area (Å²) in [5.74, 6) is -0.617. The van der Waals surface area contributed by atoms with E-state index in [4.69, 9.17) is 26.2 Å². The van der Waals surface area contributed by atoms with Gasteiger partial charge in [0.2, 0.25) is 10.0 Å². The van der Waals surface area contributed by atoms with Gasteiger partial charge in [0.15, 0.2) is 0 Å². The van der Waals surface area contributed by atoms with Gasteiger partial charge in [-0.15, -0.1) is 0 Å². The van der Waals surface area contributed by atoms with Gasteiger partial charge in [0.25, 0.3) is 0 Å². The molecule has 0 unspecified atom stereocenters. The van der Waals surface area contributed by atoms with Crippen molar-refractivity contribution in [2.75, 3.05) is 13.2 Å². The van der Waals surface area contributed by atoms with Gasteiger partial charge in [0.05, 0.1) is 23.7 Å². The molecule has 1 saturated heterocycles. The number of ether oxygens (including phenoxy) is 2. The Labute approximate surface area is 128 Å². The number of hydrogen-bond acceptors (Lipinski definition) is 5. The first-order valence-corrected chi connectivity index (χ1v) is 8.33. The maximum Gasteiger partial charge on any atom is 0.338 e. The predicted molar refractivity (Wildman–Crippen MR) is 76.8 cm³/mol. The molecule has 21 heavy (non-hydrogen) atoms. The maximum atomic E-state index is 12.1. The first kappa shape index (κ1) is 16.2. The third-order valence-electron chi connectivity index (χ3n) is 3.28. The second-order valence-electron chi connectivity index (χ2n) is 4.84. The number of esters is 1. The average molecular weight is 334 g/mol. The zero-order valence-corrected chi connectivity index (χ0v) is 13.0. The molecular weight excluding hydrogens is 318 g/mol. The van der Waals surface area contributed by atoms with Crippen molar-refractivity contribution in [1.29, 1.82) is 0 Å². The van der Waals surface area contributed by atoms with Crippen LogP contribution < -0.4 is 5.14 Å². The molecule has 0 atom stereocenters. The molecule has 1 heterocycles. The number of primary sulfonamides is 1. The summed E-state index contributed by atoms with van der Waals surface area (Å²) in [6.45, 7) is 2.60. The monoisotopic (exact) mass is 333 g/mol. The molecule has 1 fully saturated rings. The molecule has 0 saturated carbocycles. The van der Waals surface area contributed by atoms with Crippen LogP contribution in [0.1, 0.15) is 28.8 Å². The smallest absolute Gasteiger partial charge is 0.338 e. The van der Waals surface area contributed by atoms with Gasteiger partial charge in [0.1, 0.15) is 6.10 Å². The van der Waals surface area contributed by atoms with Crippen LogP contribution in [0.15, 0.2) is 17.0 Å². The molecule has 0 aliphatic carbocycles. The zero-order valence-electron chi connectivity index (χ0n) is 11.5. The van der Waals surface area contributed by atoms with Crippen LogP contribution in [0.5, 0.6) is 0 Å². The number of hydrogen-bond donors (Lipinski definition) is 1. The highest BCUT2D eigenvalue weighted by Crippen LogP contribution is 2.25. The van der Waals surface area contributed by atoms with E-state index in [0.29, 0.717) is 31.6 Å². The van der Waals surface area contributed by atoms with Gasteiger partial charge in [-0.05, 0) is 24.6 Å². The van der Waals surface area contributed by atoms with Crippen LogP contribution in [-0.4, -0.2) is 33.7 Å². The molecule has 1 aromatic rings. The number of sulfonamides is 1. The van der Waals surface area contributed by atoms with Crippen molar-refractivity contribution in [2.45, 2.75) is 30.8 Å². The van der Waals surface area contributed by atoms with Crippen molar-refractivity contribution in [1.82, 2.24) is 0 Å². The van der Waals surface area contributed by atoms with Crippen LogP contribution in [0.4, 0.5) is 0 Å². The summed E-state index contributed by atoms with van der Waals surface area (Å²) < 4.78 is 33.5. The van der Waals surface area contributed by atoms with Crippen LogP contribution in [0.25, 0.3) is 0 Å². The van der Waals surface area contributed by atoms with E-state index in [2.05, 4.69) is 0 Å². The van der Waals surface area contributed by atoms with E-state index in [0.717, 1.165) is 0 Å². The summed E-state index contributed by atoms with van der Waals surface area (Å²) in [5, 5.41) is 5.28. The number of nitrogens with two attached hydrogens (primary N) is 1. The van der Waals surface area contributed by atoms with Crippen LogP contribution in [0.3, 0.4) is 0 Å². The van der Waals surface area contributed by atoms with Gasteiger partial charge in [-0.3, -0.25) is 0 Å². The van der Waals surface area contributed by atoms with E-state index in [1.807, 2.05) is 0 Å². The molecule has 2 rings (SSSR count). The highest BCUT2D eigenvalue weighted by molar-refractivity contribution is 7.89. The summed E-state index contributed by atoms with van der Waals surface area (Å²) in [7, 11) is -3.96. The SMILES string of the molecule is Cc1c(Cl)cc(C(=O)OC2CCOCC2)cc1S(N)(=O)=O. The van der Waals surface area contributed by atoms with Crippen molar-refractivity contribution in [3.8, 4) is 0 Å². The van der Waals surface area contributed by atoms with Crippen molar-refractivity contribution >= 4 is 27.6 Å². The van der Waals surface area contributed by atoms with Crippen LogP contribution in [0.2, 0.25) is 5.02 Å². The number of carbonyl (C=O) groups is 1. The molecule has 1 aliphatic heterocycles. The molecule has 6 nitrogen and oxygen atoms in total. The largest absolute Gasteiger partial charge is 0.459 e. The van der Waals surface area contributed by atoms with Crippen molar-refractivity contribution in [2.24, 2.45) is 5.14 Å². The van der Waals surface area contributed by atoms with E-state index in [1.54, 1.807) is 0 Å². The Morgan fingerprint density at radius 1 is 1.38 bits per heavy atom. The van der Waals surface area contributed by atoms with E-state index in [9.17, 15) is 13.2 Å². The lowest BCUT2D eigenvalue weighted by Crippen LogP contribution is -2.26. The lowest BCUT2D eigenvalue weighted by molar-refractivity contribution is -0.0159. The minimum atomic E-state index is -3.96. The Kier molecular flexibility index (Phi) is 4.88. The third-order valence-corrected chi connectivity index (χ3v) is 4.71. The van der Waals surface area contributed by atoms with Crippen molar-refractivity contribution < 1.29 is 22.7 Å². The topological polar surface area (TPSA) is 95.7 Å². The molecule has 0 radical (unpaired) electrons. The minimum absolute atomic E-state index is 0.0705. The lowest BCUT2D eigenvalue weighted by atomic mass is 10.1. The van der Waals surface area contributed by atoms with Gasteiger partial charge in [-0.2, -0.15) is 0 Å². The first-order valence-electron chi connectivity index (χ1n) is 6.40. The molecule has 2 N–H and O–H groups in total. The zero-order chi connectivity index (χ0) is 15.6. The standard InChI is InChI=1S/C13H16ClNO5S/c1-8-11(14)6-9(7-12(8)21(15,17)18)13(16)20-10-2-4-19-5-3-10/h6-7,10H,2-5H2,1H3,(H2,15,17,18). The average Bonchev–Trinajstić information content (AvgIpc) is 2.41. The van der Waals surface area contributed by atoms with Gasteiger partial charge in [-0.1, -0.05) is 11.6 Å². The van der Waals surface area contributed by atoms with Gasteiger partial charge in [0, 0.05) is 17.9 Å². The van der Waals surface area contributed by atoms with Crippen LogP contribution in [0, 0.1) is 6.92 Å². The van der Waals surface area contributed by atoms with E-state index >= 15 is 0 Å². The van der Waals surface area contributed by atoms with Gasteiger partial charge >= 0.3 is 5.97 Å². The molecule has 8 heteroatoms. The Bertz CT molecular complexity index is 653. The number of carbonyl (C=O) groups excluding carboxylic acids is 1. The Hall–Kier alpha value is -1.15. The predicted octanol–water partition coefficient (Wildman–Crippen LogP) is 1.63. The molecule has 0 amide bonds. The summed E-state index contributed by atoms with van der Waals surface area (Å²) in [6.07, 6.45) is 1.00. The summed E-state index contributed by atoms with van der Waals surface area (Å²) in [4.78, 5) is 11.9. The number of rotatable bonds is 3. The third kappa shape index (κ3) is 3.94. The van der Waals surface area contributed by atoms with E-state index < -0.39 is 16.0 Å². The molecular formula is C13H16ClNO5S. The fraction of sp³-hybridized carbons (Fsp3) is 0.462. The first-order chi connectivity index (χ1) is 9.79. The van der Waals surface area contributed by atoms with E-state index in [1.165, 1.54) is 19.1 Å².